The van der Waals surface area contributed by atoms with Crippen molar-refractivity contribution in [1.29, 1.82) is 0 Å². The summed E-state index contributed by atoms with van der Waals surface area (Å²) >= 11 is 2.88. The molecule has 8 heterocycles. The molecule has 1 aliphatic rings. The van der Waals surface area contributed by atoms with E-state index in [-0.39, 0.29) is 136 Å². The molecule has 22 heteroatoms. The average Bonchev–Trinajstić information content (AvgIpc) is 1.75. The zero-order chi connectivity index (χ0) is 80.3. The third-order valence-electron chi connectivity index (χ3n) is 20.8. The van der Waals surface area contributed by atoms with Gasteiger partial charge >= 0.3 is 287 Å². The van der Waals surface area contributed by atoms with Gasteiger partial charge in [-0.15, -0.1) is 113 Å². The monoisotopic (exact) mass is 2050 g/mol. The van der Waals surface area contributed by atoms with Gasteiger partial charge in [0.1, 0.15) is 17.5 Å². The Morgan fingerprint density at radius 1 is 0.605 bits per heavy atom. The van der Waals surface area contributed by atoms with E-state index in [0.717, 1.165) is 84.5 Å². The molecule has 0 fully saturated rings. The van der Waals surface area contributed by atoms with Gasteiger partial charge in [0.25, 0.3) is 0 Å². The molecule has 2 unspecified atom stereocenters. The molecular formula is C97H102BrI2Li2Mg2N9O3SSnZn. The number of para-hydroxylation sites is 1. The van der Waals surface area contributed by atoms with Crippen LogP contribution in [0.3, 0.4) is 0 Å². The molecule has 1 aliphatic heterocycles. The number of imidazole rings is 1. The van der Waals surface area contributed by atoms with Crippen LogP contribution < -0.4 is 82.3 Å². The summed E-state index contributed by atoms with van der Waals surface area (Å²) in [6.07, 6.45) is 24.5. The van der Waals surface area contributed by atoms with Gasteiger partial charge in [0.15, 0.2) is 0 Å². The van der Waals surface area contributed by atoms with Crippen molar-refractivity contribution < 1.29 is 107 Å². The largest absolute Gasteiger partial charge is 0.489 e. The van der Waals surface area contributed by atoms with E-state index >= 15 is 0 Å². The fourth-order valence-electron chi connectivity index (χ4n) is 13.4. The Bertz CT molecular complexity index is 5310. The molecule has 0 aliphatic carbocycles. The number of benzene rings is 8. The summed E-state index contributed by atoms with van der Waals surface area (Å²) < 4.78 is 27.1. The molecule has 16 rings (SSSR count). The predicted molar refractivity (Wildman–Crippen MR) is 485 cm³/mol. The van der Waals surface area contributed by atoms with Crippen molar-refractivity contribution in [2.24, 2.45) is 11.3 Å². The van der Waals surface area contributed by atoms with Gasteiger partial charge in [0.05, 0.1) is 30.1 Å². The Hall–Kier alpha value is -5.32. The van der Waals surface area contributed by atoms with Gasteiger partial charge in [-0.05, 0) is 92.6 Å². The molecule has 119 heavy (non-hydrogen) atoms. The van der Waals surface area contributed by atoms with Crippen molar-refractivity contribution in [3.8, 4) is 67.7 Å². The van der Waals surface area contributed by atoms with Crippen LogP contribution in [0.1, 0.15) is 148 Å². The maximum atomic E-state index is 6.06. The molecule has 0 bridgehead atoms. The maximum absolute atomic E-state index is 6.06. The fourth-order valence-corrected chi connectivity index (χ4v) is 30.4. The molecule has 7 aromatic heterocycles. The molecule has 0 saturated heterocycles. The number of pyridine rings is 2. The number of aryl methyl sites for hydroxylation is 2. The Morgan fingerprint density at radius 2 is 1.22 bits per heavy atom. The Kier molecular flexibility index (Phi) is 47.3. The standard InChI is InChI=1S/C17H18N3.C17H24NO.C15H11N2.C15H10NO.C13H8NO.C11H10NS.3C3H7.BrH.2HI.2Li.2Mg.Sn.Zn/c1-12(2)13(3)14-8-9-18-17(10-14)20-11-15-6-4-5-7-16(15)19-20;1-7-12(2)13-8-9-18-14(10-13)15-11-16(3,4)17(5,6)19-15;1-3-7-13(8-4-1)15-16-11-12-17(15)14-9-5-2-6-10-14;1-3-7-12(8-4-1)14-11-16-15(17-14)13-9-5-2-6-10-13;1-2-6-11-10(4-1)5-3-7-12(11)13-14-8-9-15-13;1-8-9(2)13-11(12-8)10-6-4-3-5-7-10;3*1-3-2;;;;;;;;;/h4-10,12-13H,1-3H3;8-10,12H,7H2,1-6H3;1-7,9-12H;1-9,11H;1-6,8-9H;3-6H,1-2H3;3*1,3H2,2H3;3*1H;;;;;;/q2*-1;;3*-1;;;;;;;2*+1;2*+2;;+2/p-3. The van der Waals surface area contributed by atoms with Crippen LogP contribution in [0, 0.1) is 55.7 Å². The number of halogens is 3. The van der Waals surface area contributed by atoms with Gasteiger partial charge in [0.2, 0.25) is 0 Å². The van der Waals surface area contributed by atoms with Crippen LogP contribution in [-0.2, 0) is 19.5 Å². The Labute approximate surface area is 819 Å². The quantitative estimate of drug-likeness (QED) is 0.0437. The number of ether oxygens (including phenoxy) is 1. The van der Waals surface area contributed by atoms with Crippen molar-refractivity contribution in [3.05, 3.63) is 320 Å². The van der Waals surface area contributed by atoms with Crippen molar-refractivity contribution in [3.63, 3.8) is 0 Å². The number of rotatable bonds is 19. The summed E-state index contributed by atoms with van der Waals surface area (Å²) in [4.78, 5) is 27.8. The van der Waals surface area contributed by atoms with E-state index in [0.29, 0.717) is 29.5 Å². The number of hydrogen-bond acceptors (Lipinski definition) is 11. The smallest absolute Gasteiger partial charge is 0.141 e. The number of oxazole rings is 2. The SMILES string of the molecule is CC(C)C(C)c1ccnc(-n2[c-]c3ccccc3n2)c1.CCC(C)c1ccnc(C2=[C-]C(C)(C)C(C)(C)O2)c1.CC[CH2][Sn]([CH2]CC)([CH2]CC)[c]1ccccc1-c1nccn1-c1ccccc1.Cc1nc(-c2[c-]cccc2)sc1C.[Br-].[I-].[Li+].[Li+].[Mg+2].[Mg+2].[Zn+][I].[c-]1ccc2ccccc2c1-c1ncco1.[c-]1ccccc1-c1ncc(-c2ccccc2)o1. The first-order valence-electron chi connectivity index (χ1n) is 39.1. The third-order valence-corrected chi connectivity index (χ3v) is 38.9. The van der Waals surface area contributed by atoms with Crippen LogP contribution in [0.2, 0.25) is 13.3 Å². The van der Waals surface area contributed by atoms with E-state index in [1.54, 1.807) is 38.3 Å². The van der Waals surface area contributed by atoms with Crippen LogP contribution in [0.25, 0.3) is 95.1 Å². The van der Waals surface area contributed by atoms with Crippen molar-refractivity contribution in [2.75, 3.05) is 0 Å². The molecular weight excluding hydrogens is 1950 g/mol. The number of fused-ring (bicyclic) bond motifs is 2. The van der Waals surface area contributed by atoms with Crippen LogP contribution in [-0.4, -0.2) is 114 Å². The first-order chi connectivity index (χ1) is 54.8. The van der Waals surface area contributed by atoms with Gasteiger partial charge in [-0.2, -0.15) is 11.3 Å². The molecule has 0 N–H and O–H groups in total. The Morgan fingerprint density at radius 3 is 1.82 bits per heavy atom. The zero-order valence-corrected chi connectivity index (χ0v) is 87.3. The fraction of sp³-hybridized carbons (Fsp3) is 0.268. The molecule has 12 nitrogen and oxygen atoms in total. The van der Waals surface area contributed by atoms with E-state index in [9.17, 15) is 0 Å². The normalized spacial score (nSPS) is 12.3. The van der Waals surface area contributed by atoms with E-state index in [1.807, 2.05) is 159 Å². The van der Waals surface area contributed by atoms with Gasteiger partial charge in [0, 0.05) is 39.1 Å². The van der Waals surface area contributed by atoms with Crippen molar-refractivity contribution in [1.82, 2.24) is 44.3 Å². The van der Waals surface area contributed by atoms with Crippen LogP contribution >= 0.6 is 31.1 Å². The molecule has 0 amide bonds. The van der Waals surface area contributed by atoms with E-state index in [2.05, 4.69) is 266 Å². The summed E-state index contributed by atoms with van der Waals surface area (Å²) in [6.45, 7) is 30.9. The summed E-state index contributed by atoms with van der Waals surface area (Å²) in [5.74, 6) is 6.36. The van der Waals surface area contributed by atoms with E-state index < -0.39 is 18.4 Å². The number of nitrogens with zero attached hydrogens (tertiary/aromatic N) is 9. The summed E-state index contributed by atoms with van der Waals surface area (Å²) in [5.41, 5.74) is 11.7. The molecule has 8 aromatic carbocycles. The van der Waals surface area contributed by atoms with Gasteiger partial charge in [-0.3, -0.25) is 19.9 Å². The molecule has 592 valence electrons. The van der Waals surface area contributed by atoms with Crippen LogP contribution in [0.15, 0.2) is 271 Å². The molecule has 0 saturated carbocycles. The van der Waals surface area contributed by atoms with E-state index in [1.165, 1.54) is 80.0 Å². The third kappa shape index (κ3) is 28.9. The zero-order valence-electron chi connectivity index (χ0n) is 71.9. The number of aromatic nitrogens is 9. The molecule has 2 atom stereocenters. The summed E-state index contributed by atoms with van der Waals surface area (Å²) in [6, 6.07) is 83.1. The maximum Gasteiger partial charge on any atom is 0.141 e. The predicted octanol–water partition coefficient (Wildman–Crippen LogP) is 13.4. The second-order valence-corrected chi connectivity index (χ2v) is 43.7. The van der Waals surface area contributed by atoms with Crippen LogP contribution in [0.4, 0.5) is 0 Å². The number of hydrogen-bond donors (Lipinski definition) is 0. The van der Waals surface area contributed by atoms with Crippen LogP contribution in [0.5, 0.6) is 0 Å². The van der Waals surface area contributed by atoms with Gasteiger partial charge < -0.3 is 64.2 Å². The molecule has 15 aromatic rings. The summed E-state index contributed by atoms with van der Waals surface area (Å²) in [5, 5.41) is 8.89. The molecule has 0 radical (unpaired) electrons. The van der Waals surface area contributed by atoms with Crippen molar-refractivity contribution in [2.45, 2.75) is 153 Å². The minimum absolute atomic E-state index is 0. The minimum Gasteiger partial charge on any atom is -0.489 e. The van der Waals surface area contributed by atoms with Gasteiger partial charge in [-0.25, -0.2) is 11.2 Å². The Balaban J connectivity index is 0.000000300. The number of thiazole rings is 1. The first-order valence-corrected chi connectivity index (χ1v) is 56.5. The summed E-state index contributed by atoms with van der Waals surface area (Å²) in [7, 11) is 0. The van der Waals surface area contributed by atoms with Gasteiger partial charge in [-0.1, -0.05) is 143 Å². The topological polar surface area (TPSA) is 136 Å². The van der Waals surface area contributed by atoms with E-state index in [4.69, 9.17) is 18.6 Å². The first kappa shape index (κ1) is 106. The second kappa shape index (κ2) is 53.1. The van der Waals surface area contributed by atoms with Crippen molar-refractivity contribution >= 4 is 127 Å². The molecule has 0 spiro atoms. The second-order valence-electron chi connectivity index (χ2n) is 29.4. The average molecular weight is 2050 g/mol. The minimum atomic E-state index is -2.46.